The predicted octanol–water partition coefficient (Wildman–Crippen LogP) is 3.27. The molecular formula is C19H19N. The summed E-state index contributed by atoms with van der Waals surface area (Å²) in [6.07, 6.45) is 8.69. The maximum atomic E-state index is 6.51. The molecule has 1 nitrogen and oxygen atoms in total. The van der Waals surface area contributed by atoms with E-state index in [0.29, 0.717) is 0 Å². The lowest BCUT2D eigenvalue weighted by Gasteiger charge is -2.24. The Kier molecular flexibility index (Phi) is 3.34. The molecule has 0 saturated heterocycles. The summed E-state index contributed by atoms with van der Waals surface area (Å²) < 4.78 is 0. The van der Waals surface area contributed by atoms with Gasteiger partial charge in [0.15, 0.2) is 0 Å². The van der Waals surface area contributed by atoms with Gasteiger partial charge in [-0.2, -0.15) is 0 Å². The fraction of sp³-hybridized carbons (Fsp3) is 0.263. The summed E-state index contributed by atoms with van der Waals surface area (Å²) in [4.78, 5) is 0. The van der Waals surface area contributed by atoms with Crippen LogP contribution in [0.25, 0.3) is 0 Å². The lowest BCUT2D eigenvalue weighted by Crippen LogP contribution is -2.36. The van der Waals surface area contributed by atoms with E-state index >= 15 is 0 Å². The van der Waals surface area contributed by atoms with E-state index in [2.05, 4.69) is 42.3 Å². The van der Waals surface area contributed by atoms with E-state index in [-0.39, 0.29) is 11.5 Å². The topological polar surface area (TPSA) is 26.0 Å². The molecule has 1 fully saturated rings. The molecule has 3 rings (SSSR count). The molecule has 1 aliphatic carbocycles. The molecule has 1 unspecified atom stereocenters. The van der Waals surface area contributed by atoms with Gasteiger partial charge in [-0.25, -0.2) is 0 Å². The van der Waals surface area contributed by atoms with Gasteiger partial charge in [0.1, 0.15) is 0 Å². The highest BCUT2D eigenvalue weighted by molar-refractivity contribution is 5.41. The third-order valence-electron chi connectivity index (χ3n) is 4.42. The molecule has 100 valence electrons. The number of rotatable bonds is 4. The normalized spacial score (nSPS) is 17.2. The average Bonchev–Trinajstić information content (AvgIpc) is 3.30. The lowest BCUT2D eigenvalue weighted by atomic mass is 9.85. The van der Waals surface area contributed by atoms with Crippen LogP contribution in [-0.4, -0.2) is 6.04 Å². The minimum absolute atomic E-state index is 0.156. The molecule has 0 radical (unpaired) electrons. The monoisotopic (exact) mass is 261 g/mol. The van der Waals surface area contributed by atoms with Gasteiger partial charge >= 0.3 is 0 Å². The molecule has 20 heavy (non-hydrogen) atoms. The third-order valence-corrected chi connectivity index (χ3v) is 4.42. The van der Waals surface area contributed by atoms with Gasteiger partial charge < -0.3 is 5.73 Å². The fourth-order valence-electron chi connectivity index (χ4n) is 2.97. The van der Waals surface area contributed by atoms with E-state index in [0.717, 1.165) is 12.0 Å². The quantitative estimate of drug-likeness (QED) is 0.840. The number of terminal acetylenes is 1. The Morgan fingerprint density at radius 3 is 2.25 bits per heavy atom. The zero-order chi connectivity index (χ0) is 14.0. The second kappa shape index (κ2) is 5.15. The first-order valence-electron chi connectivity index (χ1n) is 7.11. The smallest absolute Gasteiger partial charge is 0.0242 e. The Balaban J connectivity index is 1.79. The first-order chi connectivity index (χ1) is 9.74. The van der Waals surface area contributed by atoms with E-state index in [1.54, 1.807) is 0 Å². The van der Waals surface area contributed by atoms with Gasteiger partial charge in [-0.1, -0.05) is 48.4 Å². The van der Waals surface area contributed by atoms with Crippen molar-refractivity contribution >= 4 is 0 Å². The van der Waals surface area contributed by atoms with Crippen LogP contribution >= 0.6 is 0 Å². The van der Waals surface area contributed by atoms with Crippen molar-refractivity contribution in [3.8, 4) is 12.3 Å². The highest BCUT2D eigenvalue weighted by Crippen LogP contribution is 2.51. The van der Waals surface area contributed by atoms with Gasteiger partial charge in [-0.3, -0.25) is 0 Å². The van der Waals surface area contributed by atoms with Gasteiger partial charge in [-0.05, 0) is 42.5 Å². The van der Waals surface area contributed by atoms with Crippen LogP contribution in [0, 0.1) is 12.3 Å². The largest absolute Gasteiger partial charge is 0.327 e. The van der Waals surface area contributed by atoms with Gasteiger partial charge in [0.2, 0.25) is 0 Å². The maximum Gasteiger partial charge on any atom is 0.0242 e. The summed E-state index contributed by atoms with van der Waals surface area (Å²) in [6.45, 7) is 0. The van der Waals surface area contributed by atoms with Crippen molar-refractivity contribution in [2.24, 2.45) is 5.73 Å². The molecule has 0 aliphatic heterocycles. The van der Waals surface area contributed by atoms with Crippen LogP contribution in [0.4, 0.5) is 0 Å². The molecule has 2 aromatic rings. The Hall–Kier alpha value is -2.04. The number of hydrogen-bond acceptors (Lipinski definition) is 1. The molecule has 2 aromatic carbocycles. The molecule has 1 atom stereocenters. The molecule has 0 heterocycles. The summed E-state index contributed by atoms with van der Waals surface area (Å²) in [7, 11) is 0. The van der Waals surface area contributed by atoms with Gasteiger partial charge in [0, 0.05) is 17.0 Å². The Bertz CT molecular complexity index is 615. The zero-order valence-electron chi connectivity index (χ0n) is 11.5. The number of benzene rings is 2. The zero-order valence-corrected chi connectivity index (χ0v) is 11.5. The minimum Gasteiger partial charge on any atom is -0.327 e. The van der Waals surface area contributed by atoms with Crippen molar-refractivity contribution < 1.29 is 0 Å². The summed E-state index contributed by atoms with van der Waals surface area (Å²) in [6, 6.07) is 19.0. The highest BCUT2D eigenvalue weighted by atomic mass is 14.7. The average molecular weight is 261 g/mol. The summed E-state index contributed by atoms with van der Waals surface area (Å²) >= 11 is 0. The molecule has 0 spiro atoms. The van der Waals surface area contributed by atoms with Crippen molar-refractivity contribution in [3.05, 3.63) is 71.3 Å². The van der Waals surface area contributed by atoms with Crippen LogP contribution in [0.5, 0.6) is 0 Å². The fourth-order valence-corrected chi connectivity index (χ4v) is 2.97. The molecule has 0 aromatic heterocycles. The van der Waals surface area contributed by atoms with Crippen molar-refractivity contribution in [3.63, 3.8) is 0 Å². The predicted molar refractivity (Wildman–Crippen MR) is 83.4 cm³/mol. The van der Waals surface area contributed by atoms with Crippen LogP contribution < -0.4 is 5.73 Å². The first kappa shape index (κ1) is 13.0. The molecule has 1 heteroatoms. The number of hydrogen-bond donors (Lipinski definition) is 1. The van der Waals surface area contributed by atoms with Gasteiger partial charge in [-0.15, -0.1) is 6.42 Å². The highest BCUT2D eigenvalue weighted by Gasteiger charge is 2.48. The van der Waals surface area contributed by atoms with Crippen LogP contribution in [0.3, 0.4) is 0 Å². The van der Waals surface area contributed by atoms with Crippen LogP contribution in [-0.2, 0) is 11.8 Å². The van der Waals surface area contributed by atoms with Gasteiger partial charge in [0.05, 0.1) is 0 Å². The Labute approximate surface area is 120 Å². The molecule has 1 saturated carbocycles. The lowest BCUT2D eigenvalue weighted by molar-refractivity contribution is 0.514. The minimum atomic E-state index is 0.156. The molecular weight excluding hydrogens is 242 g/mol. The van der Waals surface area contributed by atoms with E-state index < -0.39 is 0 Å². The van der Waals surface area contributed by atoms with Crippen LogP contribution in [0.1, 0.15) is 29.5 Å². The van der Waals surface area contributed by atoms with E-state index in [1.165, 1.54) is 24.0 Å². The SMILES string of the molecule is C#Cc1ccc(C2(C(N)Cc3ccccc3)CC2)cc1. The van der Waals surface area contributed by atoms with Crippen molar-refractivity contribution in [2.75, 3.05) is 0 Å². The molecule has 1 aliphatic rings. The van der Waals surface area contributed by atoms with Gasteiger partial charge in [0.25, 0.3) is 0 Å². The maximum absolute atomic E-state index is 6.51. The van der Waals surface area contributed by atoms with Crippen molar-refractivity contribution in [1.29, 1.82) is 0 Å². The number of nitrogens with two attached hydrogens (primary N) is 1. The summed E-state index contributed by atoms with van der Waals surface area (Å²) in [5, 5.41) is 0. The van der Waals surface area contributed by atoms with Crippen LogP contribution in [0.15, 0.2) is 54.6 Å². The van der Waals surface area contributed by atoms with Crippen LogP contribution in [0.2, 0.25) is 0 Å². The second-order valence-corrected chi connectivity index (χ2v) is 5.67. The third kappa shape index (κ3) is 2.35. The Morgan fingerprint density at radius 1 is 1.05 bits per heavy atom. The molecule has 0 bridgehead atoms. The van der Waals surface area contributed by atoms with E-state index in [9.17, 15) is 0 Å². The van der Waals surface area contributed by atoms with E-state index in [4.69, 9.17) is 12.2 Å². The first-order valence-corrected chi connectivity index (χ1v) is 7.11. The molecule has 2 N–H and O–H groups in total. The van der Waals surface area contributed by atoms with E-state index in [1.807, 2.05) is 18.2 Å². The Morgan fingerprint density at radius 2 is 1.70 bits per heavy atom. The van der Waals surface area contributed by atoms with Crippen molar-refractivity contribution in [2.45, 2.75) is 30.7 Å². The summed E-state index contributed by atoms with van der Waals surface area (Å²) in [5.41, 5.74) is 10.2. The summed E-state index contributed by atoms with van der Waals surface area (Å²) in [5.74, 6) is 2.66. The van der Waals surface area contributed by atoms with Crippen molar-refractivity contribution in [1.82, 2.24) is 0 Å². The molecule has 0 amide bonds. The second-order valence-electron chi connectivity index (χ2n) is 5.67. The standard InChI is InChI=1S/C19H19N/c1-2-15-8-10-17(11-9-15)19(12-13-19)18(20)14-16-6-4-3-5-7-16/h1,3-11,18H,12-14,20H2.